The standard InChI is InChI=1S/C23H28F3N3O4S2/c1-21(30,23(24,25)26)17-4-6-18(7-5-17)29-9-8-28(35(31,32)20-3-2-10-34-20)12-19(29)11-27-13-22(14-27)15-33-16-22/h2-7,10,19,30H,8-9,11-16H2,1H3/t19-,21-/m0/s1. The van der Waals surface area contributed by atoms with Crippen molar-refractivity contribution in [3.05, 3.63) is 47.3 Å². The van der Waals surface area contributed by atoms with Crippen molar-refractivity contribution in [2.75, 3.05) is 57.4 Å². The summed E-state index contributed by atoms with van der Waals surface area (Å²) in [6.45, 7) is 5.62. The summed E-state index contributed by atoms with van der Waals surface area (Å²) in [6, 6.07) is 8.86. The van der Waals surface area contributed by atoms with Gasteiger partial charge in [-0.2, -0.15) is 17.5 Å². The minimum Gasteiger partial charge on any atom is -0.380 e. The van der Waals surface area contributed by atoms with Crippen LogP contribution in [-0.2, 0) is 20.4 Å². The number of hydrogen-bond donors (Lipinski definition) is 1. The van der Waals surface area contributed by atoms with Crippen molar-refractivity contribution in [2.24, 2.45) is 5.41 Å². The quantitative estimate of drug-likeness (QED) is 0.618. The van der Waals surface area contributed by atoms with Crippen LogP contribution in [-0.4, -0.2) is 87.4 Å². The van der Waals surface area contributed by atoms with Gasteiger partial charge in [-0.05, 0) is 36.1 Å². The molecule has 0 bridgehead atoms. The Hall–Kier alpha value is -1.70. The number of nitrogens with zero attached hydrogens (tertiary/aromatic N) is 3. The van der Waals surface area contributed by atoms with Gasteiger partial charge >= 0.3 is 6.18 Å². The van der Waals surface area contributed by atoms with E-state index in [-0.39, 0.29) is 30.1 Å². The molecular formula is C23H28F3N3O4S2. The Morgan fingerprint density at radius 3 is 2.37 bits per heavy atom. The van der Waals surface area contributed by atoms with Gasteiger partial charge in [0.15, 0.2) is 5.60 Å². The van der Waals surface area contributed by atoms with Crippen molar-refractivity contribution in [1.29, 1.82) is 0 Å². The van der Waals surface area contributed by atoms with Crippen molar-refractivity contribution in [2.45, 2.75) is 29.0 Å². The monoisotopic (exact) mass is 531 g/mol. The maximum Gasteiger partial charge on any atom is 0.421 e. The fourth-order valence-electron chi connectivity index (χ4n) is 5.12. The van der Waals surface area contributed by atoms with Crippen LogP contribution in [0.25, 0.3) is 0 Å². The zero-order valence-corrected chi connectivity index (χ0v) is 20.9. The van der Waals surface area contributed by atoms with Gasteiger partial charge in [0.1, 0.15) is 4.21 Å². The van der Waals surface area contributed by atoms with Crippen molar-refractivity contribution < 1.29 is 31.4 Å². The number of likely N-dealkylation sites (tertiary alicyclic amines) is 1. The Kier molecular flexibility index (Phi) is 6.21. The second kappa shape index (κ2) is 8.70. The van der Waals surface area contributed by atoms with Crippen LogP contribution in [0.15, 0.2) is 46.0 Å². The fraction of sp³-hybridized carbons (Fsp3) is 0.565. The van der Waals surface area contributed by atoms with Crippen LogP contribution in [0, 0.1) is 5.41 Å². The lowest BCUT2D eigenvalue weighted by molar-refractivity contribution is -0.258. The van der Waals surface area contributed by atoms with E-state index in [1.165, 1.54) is 27.8 Å². The van der Waals surface area contributed by atoms with E-state index in [0.717, 1.165) is 33.2 Å². The highest BCUT2D eigenvalue weighted by atomic mass is 32.2. The Bertz CT molecular complexity index is 1140. The summed E-state index contributed by atoms with van der Waals surface area (Å²) in [4.78, 5) is 4.35. The number of thiophene rings is 1. The summed E-state index contributed by atoms with van der Waals surface area (Å²) < 4.78 is 73.3. The van der Waals surface area contributed by atoms with Crippen LogP contribution in [0.5, 0.6) is 0 Å². The summed E-state index contributed by atoms with van der Waals surface area (Å²) in [7, 11) is -3.61. The van der Waals surface area contributed by atoms with Gasteiger partial charge in [-0.3, -0.25) is 4.90 Å². The zero-order valence-electron chi connectivity index (χ0n) is 19.2. The van der Waals surface area contributed by atoms with E-state index in [0.29, 0.717) is 23.0 Å². The smallest absolute Gasteiger partial charge is 0.380 e. The number of ether oxygens (including phenoxy) is 1. The molecule has 1 aromatic carbocycles. The zero-order chi connectivity index (χ0) is 25.1. The first kappa shape index (κ1) is 25.0. The summed E-state index contributed by atoms with van der Waals surface area (Å²) >= 11 is 1.18. The molecule has 4 heterocycles. The van der Waals surface area contributed by atoms with Gasteiger partial charge in [0, 0.05) is 50.4 Å². The van der Waals surface area contributed by atoms with Gasteiger partial charge in [0.05, 0.1) is 19.3 Å². The van der Waals surface area contributed by atoms with Gasteiger partial charge in [0.25, 0.3) is 10.0 Å². The Morgan fingerprint density at radius 2 is 1.83 bits per heavy atom. The van der Waals surface area contributed by atoms with E-state index >= 15 is 0 Å². The van der Waals surface area contributed by atoms with Crippen LogP contribution in [0.2, 0.25) is 0 Å². The number of halogens is 3. The summed E-state index contributed by atoms with van der Waals surface area (Å²) in [5.74, 6) is 0. The molecule has 0 radical (unpaired) electrons. The highest BCUT2D eigenvalue weighted by molar-refractivity contribution is 7.91. The lowest BCUT2D eigenvalue weighted by Gasteiger charge is -2.56. The fourth-order valence-corrected chi connectivity index (χ4v) is 7.74. The SMILES string of the molecule is C[C@](O)(c1ccc(N2CCN(S(=O)(=O)c3cccs3)C[C@@H]2CN2CC3(COC3)C2)cc1)C(F)(F)F. The van der Waals surface area contributed by atoms with E-state index in [1.807, 2.05) is 0 Å². The number of piperazine rings is 1. The van der Waals surface area contributed by atoms with E-state index in [1.54, 1.807) is 29.6 Å². The maximum absolute atomic E-state index is 13.3. The third-order valence-electron chi connectivity index (χ3n) is 7.25. The van der Waals surface area contributed by atoms with Gasteiger partial charge < -0.3 is 14.7 Å². The maximum atomic E-state index is 13.3. The van der Waals surface area contributed by atoms with Crippen LogP contribution in [0.3, 0.4) is 0 Å². The Balaban J connectivity index is 1.37. The number of rotatable bonds is 6. The summed E-state index contributed by atoms with van der Waals surface area (Å²) in [5.41, 5.74) is -2.27. The minimum atomic E-state index is -4.79. The number of hydrogen-bond acceptors (Lipinski definition) is 7. The molecule has 0 saturated carbocycles. The molecule has 1 spiro atoms. The second-order valence-corrected chi connectivity index (χ2v) is 13.0. The number of sulfonamides is 1. The normalized spacial score (nSPS) is 25.2. The van der Waals surface area contributed by atoms with E-state index in [4.69, 9.17) is 4.74 Å². The van der Waals surface area contributed by atoms with Crippen LogP contribution >= 0.6 is 11.3 Å². The molecule has 3 saturated heterocycles. The summed E-state index contributed by atoms with van der Waals surface area (Å²) in [5, 5.41) is 11.7. The van der Waals surface area contributed by atoms with Gasteiger partial charge in [-0.25, -0.2) is 8.42 Å². The highest BCUT2D eigenvalue weighted by Gasteiger charge is 2.51. The molecule has 0 unspecified atom stereocenters. The molecule has 0 amide bonds. The Labute approximate surface area is 206 Å². The van der Waals surface area contributed by atoms with Crippen molar-refractivity contribution in [3.63, 3.8) is 0 Å². The van der Waals surface area contributed by atoms with E-state index < -0.39 is 21.8 Å². The third-order valence-corrected chi connectivity index (χ3v) is 10.5. The minimum absolute atomic E-state index is 0.175. The van der Waals surface area contributed by atoms with E-state index in [9.17, 15) is 26.7 Å². The molecule has 2 aromatic rings. The predicted octanol–water partition coefficient (Wildman–Crippen LogP) is 2.73. The molecule has 0 aliphatic carbocycles. The number of benzene rings is 1. The van der Waals surface area contributed by atoms with Crippen LogP contribution in [0.4, 0.5) is 18.9 Å². The van der Waals surface area contributed by atoms with Crippen molar-refractivity contribution >= 4 is 27.0 Å². The topological polar surface area (TPSA) is 73.3 Å². The molecular weight excluding hydrogens is 503 g/mol. The predicted molar refractivity (Wildman–Crippen MR) is 126 cm³/mol. The van der Waals surface area contributed by atoms with Gasteiger partial charge in [-0.15, -0.1) is 11.3 Å². The third kappa shape index (κ3) is 4.49. The molecule has 5 rings (SSSR count). The van der Waals surface area contributed by atoms with Crippen molar-refractivity contribution in [3.8, 4) is 0 Å². The molecule has 1 aromatic heterocycles. The average Bonchev–Trinajstić information content (AvgIpc) is 3.30. The average molecular weight is 532 g/mol. The molecule has 2 atom stereocenters. The number of anilines is 1. The van der Waals surface area contributed by atoms with E-state index in [2.05, 4.69) is 9.80 Å². The second-order valence-electron chi connectivity index (χ2n) is 9.92. The molecule has 3 aliphatic rings. The number of alkyl halides is 3. The largest absolute Gasteiger partial charge is 0.421 e. The number of aliphatic hydroxyl groups is 1. The first-order valence-corrected chi connectivity index (χ1v) is 13.7. The molecule has 7 nitrogen and oxygen atoms in total. The summed E-state index contributed by atoms with van der Waals surface area (Å²) in [6.07, 6.45) is -4.79. The first-order chi connectivity index (χ1) is 16.4. The lowest BCUT2D eigenvalue weighted by Crippen LogP contribution is -2.69. The highest BCUT2D eigenvalue weighted by Crippen LogP contribution is 2.40. The first-order valence-electron chi connectivity index (χ1n) is 11.4. The molecule has 12 heteroatoms. The van der Waals surface area contributed by atoms with Gasteiger partial charge in [0.2, 0.25) is 0 Å². The molecule has 3 aliphatic heterocycles. The lowest BCUT2D eigenvalue weighted by atomic mass is 9.78. The van der Waals surface area contributed by atoms with Gasteiger partial charge in [-0.1, -0.05) is 18.2 Å². The molecule has 3 fully saturated rings. The molecule has 1 N–H and O–H groups in total. The van der Waals surface area contributed by atoms with Crippen molar-refractivity contribution in [1.82, 2.24) is 9.21 Å². The molecule has 35 heavy (non-hydrogen) atoms. The Morgan fingerprint density at radius 1 is 1.14 bits per heavy atom. The van der Waals surface area contributed by atoms with Crippen LogP contribution < -0.4 is 4.90 Å². The molecule has 192 valence electrons. The van der Waals surface area contributed by atoms with Crippen LogP contribution in [0.1, 0.15) is 12.5 Å².